The number of allylic oxidation sites excluding steroid dienone is 3. The number of hydrogen-bond donors (Lipinski definition) is 3. The third kappa shape index (κ3) is 4.41. The molecule has 11 nitrogen and oxygen atoms in total. The zero-order valence-electron chi connectivity index (χ0n) is 24.1. The van der Waals surface area contributed by atoms with E-state index >= 15 is 0 Å². The Morgan fingerprint density at radius 3 is 2.76 bits per heavy atom. The van der Waals surface area contributed by atoms with Gasteiger partial charge in [-0.2, -0.15) is 5.26 Å². The number of amides is 2. The Morgan fingerprint density at radius 1 is 1.26 bits per heavy atom. The minimum Gasteiger partial charge on any atom is -0.399 e. The summed E-state index contributed by atoms with van der Waals surface area (Å²) in [5.41, 5.74) is 16.4. The third-order valence-corrected chi connectivity index (χ3v) is 9.87. The van der Waals surface area contributed by atoms with Gasteiger partial charge in [-0.15, -0.1) is 5.10 Å². The van der Waals surface area contributed by atoms with Crippen molar-refractivity contribution < 1.29 is 9.59 Å². The summed E-state index contributed by atoms with van der Waals surface area (Å²) in [6.07, 6.45) is 7.78. The number of piperidine rings is 1. The number of nitriles is 1. The monoisotopic (exact) mass is 567 g/mol. The maximum atomic E-state index is 13.2. The molecule has 6 rings (SSSR count). The number of tetrazole rings is 1. The van der Waals surface area contributed by atoms with Crippen molar-refractivity contribution in [1.82, 2.24) is 30.4 Å². The highest BCUT2D eigenvalue weighted by atomic mass is 16.2. The molecule has 2 amide bonds. The van der Waals surface area contributed by atoms with Crippen LogP contribution in [0, 0.1) is 29.1 Å². The summed E-state index contributed by atoms with van der Waals surface area (Å²) in [4.78, 5) is 27.3. The number of carbonyl (C=O) groups is 2. The molecule has 2 aromatic rings. The molecular weight excluding hydrogens is 530 g/mol. The number of nitrogens with one attached hydrogen (secondary N) is 1. The molecule has 5 N–H and O–H groups in total. The highest BCUT2D eigenvalue weighted by Gasteiger charge is 2.54. The molecule has 0 spiro atoms. The molecule has 1 aromatic heterocycles. The Balaban J connectivity index is 1.40. The maximum absolute atomic E-state index is 13.2. The smallest absolute Gasteiger partial charge is 0.244 e. The summed E-state index contributed by atoms with van der Waals surface area (Å²) in [5, 5.41) is 25.7. The number of nitrogens with zero attached hydrogens (tertiary/aromatic N) is 6. The van der Waals surface area contributed by atoms with Crippen molar-refractivity contribution in [3.8, 4) is 6.07 Å². The van der Waals surface area contributed by atoms with Crippen LogP contribution in [0.15, 0.2) is 48.1 Å². The predicted molar refractivity (Wildman–Crippen MR) is 156 cm³/mol. The van der Waals surface area contributed by atoms with E-state index in [1.54, 1.807) is 9.58 Å². The zero-order valence-corrected chi connectivity index (χ0v) is 24.1. The van der Waals surface area contributed by atoms with Crippen LogP contribution in [0.4, 0.5) is 0 Å². The highest BCUT2D eigenvalue weighted by molar-refractivity contribution is 5.93. The largest absolute Gasteiger partial charge is 0.399 e. The van der Waals surface area contributed by atoms with Gasteiger partial charge in [0.05, 0.1) is 18.0 Å². The summed E-state index contributed by atoms with van der Waals surface area (Å²) >= 11 is 0. The van der Waals surface area contributed by atoms with E-state index in [9.17, 15) is 14.9 Å². The van der Waals surface area contributed by atoms with Gasteiger partial charge < -0.3 is 21.7 Å². The van der Waals surface area contributed by atoms with Crippen LogP contribution in [0.5, 0.6) is 0 Å². The first-order chi connectivity index (χ1) is 20.2. The number of likely N-dealkylation sites (tertiary alicyclic amines) is 1. The summed E-state index contributed by atoms with van der Waals surface area (Å²) in [7, 11) is 1.84. The molecule has 1 aromatic carbocycles. The number of benzene rings is 1. The lowest BCUT2D eigenvalue weighted by Gasteiger charge is -2.41. The molecule has 0 bridgehead atoms. The Hall–Kier alpha value is -4.30. The van der Waals surface area contributed by atoms with E-state index in [2.05, 4.69) is 52.5 Å². The van der Waals surface area contributed by atoms with E-state index in [1.165, 1.54) is 0 Å². The number of primary amides is 1. The lowest BCUT2D eigenvalue weighted by atomic mass is 9.62. The molecule has 3 unspecified atom stereocenters. The van der Waals surface area contributed by atoms with Crippen molar-refractivity contribution in [1.29, 1.82) is 5.26 Å². The van der Waals surface area contributed by atoms with Gasteiger partial charge in [0.2, 0.25) is 11.8 Å². The van der Waals surface area contributed by atoms with Crippen LogP contribution in [0.2, 0.25) is 0 Å². The fourth-order valence-corrected chi connectivity index (χ4v) is 7.72. The highest BCUT2D eigenvalue weighted by Crippen LogP contribution is 2.53. The van der Waals surface area contributed by atoms with Crippen LogP contribution in [0.1, 0.15) is 55.1 Å². The number of hydrogen-bond acceptors (Lipinski definition) is 8. The standard InChI is InChI=1S/C31H37N9O2/c1-17-23-6-4-20-12-19(18(2)33)5-8-25(20)31(30-36-37-38-39(30)3,26(23)9-7-24(17)29(34)42)10-11-35-16-28(41)40-22(15-32)13-21-14-27(21)40/h5,7-9,12,17,21-23,27,35H,2,4,6,10-11,13-14,16,33H2,1,3H3,(H2,34,42)/t17?,21-,22+,23?,27+,31?/m1/s1. The van der Waals surface area contributed by atoms with Gasteiger partial charge in [0.15, 0.2) is 5.82 Å². The summed E-state index contributed by atoms with van der Waals surface area (Å²) < 4.78 is 1.71. The molecule has 11 heteroatoms. The molecule has 1 saturated carbocycles. The van der Waals surface area contributed by atoms with Gasteiger partial charge in [0, 0.05) is 24.4 Å². The van der Waals surface area contributed by atoms with Gasteiger partial charge in [0.1, 0.15) is 6.04 Å². The number of aryl methyl sites for hydroxylation is 2. The minimum absolute atomic E-state index is 0.0144. The first kappa shape index (κ1) is 27.8. The number of aromatic nitrogens is 4. The second-order valence-corrected chi connectivity index (χ2v) is 12.1. The van der Waals surface area contributed by atoms with Crippen LogP contribution in [0.3, 0.4) is 0 Å². The summed E-state index contributed by atoms with van der Waals surface area (Å²) in [5.74, 6) is 0.620. The lowest BCUT2D eigenvalue weighted by molar-refractivity contribution is -0.131. The number of fused-ring (bicyclic) bond motifs is 3. The normalized spacial score (nSPS) is 29.3. The van der Waals surface area contributed by atoms with E-state index in [4.69, 9.17) is 11.5 Å². The van der Waals surface area contributed by atoms with Gasteiger partial charge in [-0.3, -0.25) is 9.59 Å². The van der Waals surface area contributed by atoms with Gasteiger partial charge in [-0.1, -0.05) is 37.8 Å². The van der Waals surface area contributed by atoms with E-state index in [0.29, 0.717) is 36.0 Å². The average Bonchev–Trinajstić information content (AvgIpc) is 3.47. The van der Waals surface area contributed by atoms with E-state index in [0.717, 1.165) is 47.9 Å². The van der Waals surface area contributed by atoms with Crippen molar-refractivity contribution in [2.24, 2.45) is 36.3 Å². The molecule has 218 valence electrons. The Labute approximate surface area is 245 Å². The van der Waals surface area contributed by atoms with Crippen LogP contribution in [-0.4, -0.2) is 62.1 Å². The predicted octanol–water partition coefficient (Wildman–Crippen LogP) is 1.47. The zero-order chi connectivity index (χ0) is 29.8. The first-order valence-electron chi connectivity index (χ1n) is 14.6. The van der Waals surface area contributed by atoms with Crippen molar-refractivity contribution in [3.05, 3.63) is 70.6 Å². The van der Waals surface area contributed by atoms with Crippen molar-refractivity contribution >= 4 is 17.5 Å². The summed E-state index contributed by atoms with van der Waals surface area (Å²) in [6, 6.07) is 8.35. The van der Waals surface area contributed by atoms with Gasteiger partial charge in [-0.25, -0.2) is 4.68 Å². The number of nitrogens with two attached hydrogens (primary N) is 2. The second kappa shape index (κ2) is 10.5. The minimum atomic E-state index is -0.752. The van der Waals surface area contributed by atoms with Crippen LogP contribution >= 0.6 is 0 Å². The Morgan fingerprint density at radius 2 is 2.07 bits per heavy atom. The van der Waals surface area contributed by atoms with Gasteiger partial charge >= 0.3 is 0 Å². The molecule has 1 aliphatic heterocycles. The van der Waals surface area contributed by atoms with Gasteiger partial charge in [-0.05, 0) is 95.2 Å². The SMILES string of the molecule is C=C(N)c1ccc2c(c1)CCC1C(=CC=C(C(N)=O)C1C)C2(CCNCC(=O)N1[C@H](C#N)C[C@@H]2C[C@@H]21)c1nnnn1C. The summed E-state index contributed by atoms with van der Waals surface area (Å²) in [6.45, 7) is 6.65. The molecule has 1 saturated heterocycles. The van der Waals surface area contributed by atoms with E-state index < -0.39 is 11.3 Å². The Kier molecular flexibility index (Phi) is 6.97. The molecule has 2 fully saturated rings. The molecule has 6 atom stereocenters. The van der Waals surface area contributed by atoms with Crippen LogP contribution in [-0.2, 0) is 28.5 Å². The van der Waals surface area contributed by atoms with Crippen LogP contribution < -0.4 is 16.8 Å². The molecule has 3 aliphatic carbocycles. The molecule has 0 radical (unpaired) electrons. The van der Waals surface area contributed by atoms with Crippen molar-refractivity contribution in [3.63, 3.8) is 0 Å². The maximum Gasteiger partial charge on any atom is 0.244 e. The van der Waals surface area contributed by atoms with E-state index in [1.807, 2.05) is 25.3 Å². The topological polar surface area (TPSA) is 169 Å². The number of carbonyl (C=O) groups excluding carboxylic acids is 2. The van der Waals surface area contributed by atoms with Crippen LogP contribution in [0.25, 0.3) is 5.70 Å². The van der Waals surface area contributed by atoms with Gasteiger partial charge in [0.25, 0.3) is 0 Å². The molecule has 4 aliphatic rings. The number of rotatable bonds is 8. The van der Waals surface area contributed by atoms with Crippen molar-refractivity contribution in [2.45, 2.75) is 56.5 Å². The molecular formula is C31H37N9O2. The first-order valence-corrected chi connectivity index (χ1v) is 14.6. The molecule has 42 heavy (non-hydrogen) atoms. The lowest BCUT2D eigenvalue weighted by Crippen LogP contribution is -2.45. The Bertz CT molecular complexity index is 1570. The average molecular weight is 568 g/mol. The third-order valence-electron chi connectivity index (χ3n) is 9.87. The molecule has 2 heterocycles. The quantitative estimate of drug-likeness (QED) is 0.403. The van der Waals surface area contributed by atoms with Crippen molar-refractivity contribution in [2.75, 3.05) is 13.1 Å². The second-order valence-electron chi connectivity index (χ2n) is 12.1. The van der Waals surface area contributed by atoms with E-state index in [-0.39, 0.29) is 36.4 Å². The fraction of sp³-hybridized carbons (Fsp3) is 0.484. The fourth-order valence-electron chi connectivity index (χ4n) is 7.72.